The molecule has 1 amide bonds. The van der Waals surface area contributed by atoms with E-state index in [-0.39, 0.29) is 5.91 Å². The minimum absolute atomic E-state index is 0.260. The molecular weight excluding hydrogens is 254 g/mol. The van der Waals surface area contributed by atoms with E-state index in [1.807, 2.05) is 19.1 Å². The number of nitrogens with two attached hydrogens (primary N) is 1. The molecule has 0 spiro atoms. The minimum atomic E-state index is -0.260. The van der Waals surface area contributed by atoms with Gasteiger partial charge in [0.25, 0.3) is 5.91 Å². The molecule has 0 radical (unpaired) electrons. The van der Waals surface area contributed by atoms with Gasteiger partial charge in [-0.25, -0.2) is 0 Å². The van der Waals surface area contributed by atoms with Crippen LogP contribution in [0.2, 0.25) is 0 Å². The molecule has 5 heteroatoms. The summed E-state index contributed by atoms with van der Waals surface area (Å²) in [6, 6.07) is 7.18. The number of hydrogen-bond donors (Lipinski definition) is 2. The van der Waals surface area contributed by atoms with Crippen LogP contribution in [0.3, 0.4) is 0 Å². The molecule has 0 atom stereocenters. The van der Waals surface area contributed by atoms with Crippen molar-refractivity contribution in [2.45, 2.75) is 13.8 Å². The summed E-state index contributed by atoms with van der Waals surface area (Å²) in [5.74, 6) is 0.359. The Bertz CT molecular complexity index is 654. The monoisotopic (exact) mass is 271 g/mol. The van der Waals surface area contributed by atoms with Gasteiger partial charge in [-0.15, -0.1) is 0 Å². The number of rotatable bonds is 3. The van der Waals surface area contributed by atoms with Crippen molar-refractivity contribution in [1.29, 1.82) is 0 Å². The Morgan fingerprint density at radius 3 is 2.75 bits per heavy atom. The standard InChI is InChI=1S/C15H17N3O2/c1-9-4-5-13(14(6-9)20-3)18-15(19)12-7-11(16)8-17-10(12)2/h4-8H,16H2,1-3H3,(H,18,19). The quantitative estimate of drug-likeness (QED) is 0.899. The molecule has 3 N–H and O–H groups in total. The first-order valence-corrected chi connectivity index (χ1v) is 6.19. The highest BCUT2D eigenvalue weighted by atomic mass is 16.5. The third kappa shape index (κ3) is 2.88. The van der Waals surface area contributed by atoms with Crippen molar-refractivity contribution in [2.24, 2.45) is 0 Å². The zero-order valence-electron chi connectivity index (χ0n) is 11.7. The predicted octanol–water partition coefficient (Wildman–Crippen LogP) is 2.54. The van der Waals surface area contributed by atoms with Gasteiger partial charge in [-0.05, 0) is 37.6 Å². The number of methoxy groups -OCH3 is 1. The van der Waals surface area contributed by atoms with Gasteiger partial charge >= 0.3 is 0 Å². The molecule has 20 heavy (non-hydrogen) atoms. The summed E-state index contributed by atoms with van der Waals surface area (Å²) in [4.78, 5) is 16.4. The SMILES string of the molecule is COc1cc(C)ccc1NC(=O)c1cc(N)cnc1C. The van der Waals surface area contributed by atoms with Crippen molar-refractivity contribution in [3.8, 4) is 5.75 Å². The van der Waals surface area contributed by atoms with Crippen LogP contribution in [0.1, 0.15) is 21.6 Å². The number of aryl methyl sites for hydroxylation is 2. The number of benzene rings is 1. The third-order valence-electron chi connectivity index (χ3n) is 2.96. The van der Waals surface area contributed by atoms with Crippen LogP contribution in [-0.2, 0) is 0 Å². The Kier molecular flexibility index (Phi) is 3.89. The number of carbonyl (C=O) groups is 1. The Hall–Kier alpha value is -2.56. The van der Waals surface area contributed by atoms with E-state index in [1.165, 1.54) is 6.20 Å². The molecule has 0 aliphatic carbocycles. The van der Waals surface area contributed by atoms with Crippen LogP contribution < -0.4 is 15.8 Å². The highest BCUT2D eigenvalue weighted by molar-refractivity contribution is 6.06. The zero-order valence-corrected chi connectivity index (χ0v) is 11.7. The summed E-state index contributed by atoms with van der Waals surface area (Å²) in [5.41, 5.74) is 8.87. The first-order valence-electron chi connectivity index (χ1n) is 6.19. The normalized spacial score (nSPS) is 10.2. The molecule has 0 saturated carbocycles. The predicted molar refractivity (Wildman–Crippen MR) is 79.1 cm³/mol. The summed E-state index contributed by atoms with van der Waals surface area (Å²) in [5, 5.41) is 2.81. The maximum absolute atomic E-state index is 12.3. The molecule has 0 bridgehead atoms. The van der Waals surface area contributed by atoms with Gasteiger partial charge in [-0.1, -0.05) is 6.07 Å². The van der Waals surface area contributed by atoms with Crippen molar-refractivity contribution < 1.29 is 9.53 Å². The van der Waals surface area contributed by atoms with Gasteiger partial charge in [0.05, 0.1) is 35.9 Å². The fraction of sp³-hybridized carbons (Fsp3) is 0.200. The van der Waals surface area contributed by atoms with E-state index >= 15 is 0 Å². The van der Waals surface area contributed by atoms with Gasteiger partial charge in [0, 0.05) is 0 Å². The molecule has 0 saturated heterocycles. The molecule has 2 aromatic rings. The fourth-order valence-electron chi connectivity index (χ4n) is 1.87. The first kappa shape index (κ1) is 13.9. The molecule has 1 aromatic heterocycles. The smallest absolute Gasteiger partial charge is 0.257 e. The first-order chi connectivity index (χ1) is 9.51. The summed E-state index contributed by atoms with van der Waals surface area (Å²) >= 11 is 0. The highest BCUT2D eigenvalue weighted by Crippen LogP contribution is 2.26. The van der Waals surface area contributed by atoms with Crippen LogP contribution in [0.15, 0.2) is 30.5 Å². The summed E-state index contributed by atoms with van der Waals surface area (Å²) < 4.78 is 5.26. The average molecular weight is 271 g/mol. The second-order valence-electron chi connectivity index (χ2n) is 4.56. The molecule has 1 heterocycles. The zero-order chi connectivity index (χ0) is 14.7. The lowest BCUT2D eigenvalue weighted by molar-refractivity contribution is 0.102. The number of nitrogens with zero attached hydrogens (tertiary/aromatic N) is 1. The number of amides is 1. The van der Waals surface area contributed by atoms with E-state index in [1.54, 1.807) is 26.2 Å². The number of nitrogen functional groups attached to an aromatic ring is 1. The minimum Gasteiger partial charge on any atom is -0.495 e. The summed E-state index contributed by atoms with van der Waals surface area (Å²) in [6.07, 6.45) is 1.53. The molecule has 2 rings (SSSR count). The molecule has 104 valence electrons. The van der Waals surface area contributed by atoms with Gasteiger partial charge in [0.2, 0.25) is 0 Å². The van der Waals surface area contributed by atoms with Crippen molar-refractivity contribution in [1.82, 2.24) is 4.98 Å². The van der Waals surface area contributed by atoms with E-state index < -0.39 is 0 Å². The lowest BCUT2D eigenvalue weighted by atomic mass is 10.1. The van der Waals surface area contributed by atoms with E-state index in [0.717, 1.165) is 5.56 Å². The maximum Gasteiger partial charge on any atom is 0.257 e. The van der Waals surface area contributed by atoms with Crippen molar-refractivity contribution in [2.75, 3.05) is 18.2 Å². The Morgan fingerprint density at radius 1 is 1.30 bits per heavy atom. The number of pyridine rings is 1. The Balaban J connectivity index is 2.30. The third-order valence-corrected chi connectivity index (χ3v) is 2.96. The molecule has 5 nitrogen and oxygen atoms in total. The fourth-order valence-corrected chi connectivity index (χ4v) is 1.87. The number of aromatic nitrogens is 1. The van der Waals surface area contributed by atoms with Crippen LogP contribution >= 0.6 is 0 Å². The van der Waals surface area contributed by atoms with Crippen LogP contribution in [0.25, 0.3) is 0 Å². The van der Waals surface area contributed by atoms with Crippen molar-refractivity contribution in [3.05, 3.63) is 47.3 Å². The summed E-state index contributed by atoms with van der Waals surface area (Å²) in [6.45, 7) is 3.72. The number of ether oxygens (including phenoxy) is 1. The largest absolute Gasteiger partial charge is 0.495 e. The van der Waals surface area contributed by atoms with Gasteiger partial charge in [-0.2, -0.15) is 0 Å². The number of hydrogen-bond acceptors (Lipinski definition) is 4. The number of anilines is 2. The van der Waals surface area contributed by atoms with E-state index in [4.69, 9.17) is 10.5 Å². The second kappa shape index (κ2) is 5.61. The van der Waals surface area contributed by atoms with Crippen LogP contribution in [0.4, 0.5) is 11.4 Å². The van der Waals surface area contributed by atoms with Gasteiger partial charge in [0.1, 0.15) is 5.75 Å². The number of carbonyl (C=O) groups excluding carboxylic acids is 1. The van der Waals surface area contributed by atoms with Crippen LogP contribution in [0, 0.1) is 13.8 Å². The van der Waals surface area contributed by atoms with Crippen LogP contribution in [0.5, 0.6) is 5.75 Å². The highest BCUT2D eigenvalue weighted by Gasteiger charge is 2.13. The topological polar surface area (TPSA) is 77.2 Å². The average Bonchev–Trinajstić information content (AvgIpc) is 2.43. The van der Waals surface area contributed by atoms with E-state index in [9.17, 15) is 4.79 Å². The van der Waals surface area contributed by atoms with Crippen molar-refractivity contribution in [3.63, 3.8) is 0 Å². The van der Waals surface area contributed by atoms with E-state index in [2.05, 4.69) is 10.3 Å². The Labute approximate surface area is 117 Å². The second-order valence-corrected chi connectivity index (χ2v) is 4.56. The van der Waals surface area contributed by atoms with Gasteiger partial charge in [-0.3, -0.25) is 9.78 Å². The lowest BCUT2D eigenvalue weighted by Crippen LogP contribution is -2.15. The van der Waals surface area contributed by atoms with Crippen molar-refractivity contribution >= 4 is 17.3 Å². The summed E-state index contributed by atoms with van der Waals surface area (Å²) in [7, 11) is 1.57. The molecular formula is C15H17N3O2. The lowest BCUT2D eigenvalue weighted by Gasteiger charge is -2.12. The van der Waals surface area contributed by atoms with Crippen LogP contribution in [-0.4, -0.2) is 18.0 Å². The number of nitrogens with one attached hydrogen (secondary N) is 1. The van der Waals surface area contributed by atoms with Gasteiger partial charge in [0.15, 0.2) is 0 Å². The molecule has 0 aliphatic heterocycles. The molecule has 1 aromatic carbocycles. The van der Waals surface area contributed by atoms with Gasteiger partial charge < -0.3 is 15.8 Å². The maximum atomic E-state index is 12.3. The molecule has 0 unspecified atom stereocenters. The Morgan fingerprint density at radius 2 is 2.05 bits per heavy atom. The molecule has 0 fully saturated rings. The van der Waals surface area contributed by atoms with E-state index in [0.29, 0.717) is 28.4 Å². The molecule has 0 aliphatic rings.